The van der Waals surface area contributed by atoms with Crippen molar-refractivity contribution >= 4 is 11.7 Å². The van der Waals surface area contributed by atoms with Gasteiger partial charge in [0, 0.05) is 24.8 Å². The molecule has 3 heterocycles. The van der Waals surface area contributed by atoms with E-state index < -0.39 is 0 Å². The molecule has 4 rings (SSSR count). The first-order chi connectivity index (χ1) is 12.2. The second kappa shape index (κ2) is 6.34. The first kappa shape index (κ1) is 15.3. The van der Waals surface area contributed by atoms with Gasteiger partial charge >= 0.3 is 6.03 Å². The summed E-state index contributed by atoms with van der Waals surface area (Å²) in [5.74, 6) is 1.32. The molecule has 0 saturated carbocycles. The lowest BCUT2D eigenvalue weighted by Gasteiger charge is -2.24. The van der Waals surface area contributed by atoms with Crippen molar-refractivity contribution in [2.24, 2.45) is 7.05 Å². The fourth-order valence-corrected chi connectivity index (χ4v) is 3.07. The predicted octanol–water partition coefficient (Wildman–Crippen LogP) is 2.23. The van der Waals surface area contributed by atoms with E-state index in [4.69, 9.17) is 4.52 Å². The zero-order chi connectivity index (χ0) is 17.2. The quantitative estimate of drug-likeness (QED) is 0.785. The van der Waals surface area contributed by atoms with Crippen LogP contribution in [0.2, 0.25) is 0 Å². The molecule has 25 heavy (non-hydrogen) atoms. The first-order valence-corrected chi connectivity index (χ1v) is 8.00. The minimum atomic E-state index is -0.141. The summed E-state index contributed by atoms with van der Waals surface area (Å²) >= 11 is 0. The Bertz CT molecular complexity index is 857. The van der Waals surface area contributed by atoms with Gasteiger partial charge in [-0.05, 0) is 37.1 Å². The summed E-state index contributed by atoms with van der Waals surface area (Å²) < 4.78 is 6.59. The zero-order valence-electron chi connectivity index (χ0n) is 13.7. The zero-order valence-corrected chi connectivity index (χ0v) is 13.7. The van der Waals surface area contributed by atoms with Crippen LogP contribution < -0.4 is 5.32 Å². The Morgan fingerprint density at radius 3 is 2.84 bits per heavy atom. The van der Waals surface area contributed by atoms with Crippen molar-refractivity contribution in [3.63, 3.8) is 0 Å². The molecule has 128 valence electrons. The van der Waals surface area contributed by atoms with Gasteiger partial charge in [0.1, 0.15) is 6.33 Å². The summed E-state index contributed by atoms with van der Waals surface area (Å²) in [5, 5.41) is 14.8. The van der Waals surface area contributed by atoms with E-state index in [1.807, 2.05) is 35.9 Å². The molecule has 0 aliphatic carbocycles. The number of hydrogen-bond donors (Lipinski definition) is 1. The van der Waals surface area contributed by atoms with E-state index in [1.54, 1.807) is 11.2 Å². The van der Waals surface area contributed by atoms with Gasteiger partial charge in [-0.15, -0.1) is 10.2 Å². The summed E-state index contributed by atoms with van der Waals surface area (Å²) in [4.78, 5) is 18.5. The Hall–Kier alpha value is -3.23. The highest BCUT2D eigenvalue weighted by atomic mass is 16.5. The average molecular weight is 339 g/mol. The van der Waals surface area contributed by atoms with Gasteiger partial charge in [0.25, 0.3) is 0 Å². The van der Waals surface area contributed by atoms with Crippen molar-refractivity contribution in [3.8, 4) is 11.4 Å². The van der Waals surface area contributed by atoms with E-state index in [2.05, 4.69) is 25.7 Å². The summed E-state index contributed by atoms with van der Waals surface area (Å²) in [5.41, 5.74) is 1.53. The van der Waals surface area contributed by atoms with E-state index in [9.17, 15) is 4.79 Å². The van der Waals surface area contributed by atoms with Crippen molar-refractivity contribution in [3.05, 3.63) is 42.8 Å². The lowest BCUT2D eigenvalue weighted by Crippen LogP contribution is -2.35. The number of benzene rings is 1. The number of anilines is 1. The molecule has 0 bridgehead atoms. The van der Waals surface area contributed by atoms with Crippen LogP contribution in [-0.4, -0.2) is 42.4 Å². The van der Waals surface area contributed by atoms with Crippen LogP contribution in [0.3, 0.4) is 0 Å². The molecule has 1 atom stereocenters. The molecule has 1 saturated heterocycles. The van der Waals surface area contributed by atoms with Crippen molar-refractivity contribution in [2.75, 3.05) is 11.9 Å². The fourth-order valence-electron chi connectivity index (χ4n) is 3.07. The van der Waals surface area contributed by atoms with Gasteiger partial charge in [-0.3, -0.25) is 0 Å². The molecule has 2 amide bonds. The van der Waals surface area contributed by atoms with Crippen LogP contribution in [0.15, 0.2) is 41.5 Å². The second-order valence-corrected chi connectivity index (χ2v) is 5.91. The van der Waals surface area contributed by atoms with E-state index >= 15 is 0 Å². The Kier molecular flexibility index (Phi) is 3.88. The Balaban J connectivity index is 1.47. The van der Waals surface area contributed by atoms with Gasteiger partial charge in [0.05, 0.1) is 6.04 Å². The minimum absolute atomic E-state index is 0.0499. The maximum atomic E-state index is 12.7. The molecule has 3 aromatic rings. The number of carbonyl (C=O) groups is 1. The number of nitrogens with zero attached hydrogens (tertiary/aromatic N) is 6. The largest absolute Gasteiger partial charge is 0.342 e. The number of carbonyl (C=O) groups excluding carboxylic acids is 1. The molecule has 0 spiro atoms. The number of aryl methyl sites for hydroxylation is 1. The lowest BCUT2D eigenvalue weighted by atomic mass is 10.2. The Morgan fingerprint density at radius 2 is 2.16 bits per heavy atom. The van der Waals surface area contributed by atoms with Crippen molar-refractivity contribution < 1.29 is 9.32 Å². The normalized spacial score (nSPS) is 17.0. The number of urea groups is 1. The highest BCUT2D eigenvalue weighted by Gasteiger charge is 2.32. The fraction of sp³-hybridized carbons (Fsp3) is 0.312. The summed E-state index contributed by atoms with van der Waals surface area (Å²) in [6.07, 6.45) is 4.77. The lowest BCUT2D eigenvalue weighted by molar-refractivity contribution is 0.204. The number of aromatic nitrogens is 5. The molecule has 2 aromatic heterocycles. The summed E-state index contributed by atoms with van der Waals surface area (Å²) in [6, 6.07) is 7.12. The van der Waals surface area contributed by atoms with Gasteiger partial charge < -0.3 is 19.3 Å². The van der Waals surface area contributed by atoms with E-state index in [0.717, 1.165) is 24.2 Å². The smallest absolute Gasteiger partial charge is 0.322 e. The molecule has 1 N–H and O–H groups in total. The van der Waals surface area contributed by atoms with Gasteiger partial charge in [-0.2, -0.15) is 4.98 Å². The SMILES string of the molecule is Cn1cnnc1C1CCCN1C(=O)Nc1ccc(-c2ncon2)cc1. The summed E-state index contributed by atoms with van der Waals surface area (Å²) in [7, 11) is 1.89. The number of nitrogens with one attached hydrogen (secondary N) is 1. The average Bonchev–Trinajstić information content (AvgIpc) is 3.36. The maximum absolute atomic E-state index is 12.7. The number of rotatable bonds is 3. The topological polar surface area (TPSA) is 102 Å². The number of likely N-dealkylation sites (tertiary alicyclic amines) is 1. The molecular weight excluding hydrogens is 322 g/mol. The van der Waals surface area contributed by atoms with Gasteiger partial charge in [-0.1, -0.05) is 5.16 Å². The monoisotopic (exact) mass is 339 g/mol. The van der Waals surface area contributed by atoms with E-state index in [0.29, 0.717) is 18.1 Å². The van der Waals surface area contributed by atoms with Crippen LogP contribution in [0.25, 0.3) is 11.4 Å². The highest BCUT2D eigenvalue weighted by Crippen LogP contribution is 2.31. The third-order valence-electron chi connectivity index (χ3n) is 4.31. The molecule has 0 radical (unpaired) electrons. The van der Waals surface area contributed by atoms with Crippen LogP contribution in [0, 0.1) is 0 Å². The van der Waals surface area contributed by atoms with Gasteiger partial charge in [-0.25, -0.2) is 4.79 Å². The van der Waals surface area contributed by atoms with Gasteiger partial charge in [0.15, 0.2) is 5.82 Å². The molecule has 1 aliphatic rings. The first-order valence-electron chi connectivity index (χ1n) is 8.00. The Morgan fingerprint density at radius 1 is 1.32 bits per heavy atom. The minimum Gasteiger partial charge on any atom is -0.342 e. The van der Waals surface area contributed by atoms with Crippen LogP contribution in [0.1, 0.15) is 24.7 Å². The predicted molar refractivity (Wildman–Crippen MR) is 88.4 cm³/mol. The number of amides is 2. The summed E-state index contributed by atoms with van der Waals surface area (Å²) in [6.45, 7) is 0.699. The van der Waals surface area contributed by atoms with E-state index in [1.165, 1.54) is 6.39 Å². The third-order valence-corrected chi connectivity index (χ3v) is 4.31. The standard InChI is InChI=1S/C16H17N7O2/c1-22-9-18-20-15(22)13-3-2-8-23(13)16(24)19-12-6-4-11(5-7-12)14-17-10-25-21-14/h4-7,9-10,13H,2-3,8H2,1H3,(H,19,24). The van der Waals surface area contributed by atoms with Crippen molar-refractivity contribution in [2.45, 2.75) is 18.9 Å². The molecular formula is C16H17N7O2. The molecule has 1 aliphatic heterocycles. The van der Waals surface area contributed by atoms with Crippen LogP contribution >= 0.6 is 0 Å². The van der Waals surface area contributed by atoms with Gasteiger partial charge in [0.2, 0.25) is 12.2 Å². The Labute approximate surface area is 143 Å². The molecule has 1 aromatic carbocycles. The van der Waals surface area contributed by atoms with Crippen LogP contribution in [-0.2, 0) is 7.05 Å². The molecule has 9 nitrogen and oxygen atoms in total. The molecule has 1 unspecified atom stereocenters. The van der Waals surface area contributed by atoms with E-state index in [-0.39, 0.29) is 12.1 Å². The number of hydrogen-bond acceptors (Lipinski definition) is 6. The maximum Gasteiger partial charge on any atom is 0.322 e. The van der Waals surface area contributed by atoms with Crippen molar-refractivity contribution in [1.82, 2.24) is 29.8 Å². The van der Waals surface area contributed by atoms with Crippen LogP contribution in [0.5, 0.6) is 0 Å². The van der Waals surface area contributed by atoms with Crippen molar-refractivity contribution in [1.29, 1.82) is 0 Å². The second-order valence-electron chi connectivity index (χ2n) is 5.91. The highest BCUT2D eigenvalue weighted by molar-refractivity contribution is 5.90. The van der Waals surface area contributed by atoms with Crippen LogP contribution in [0.4, 0.5) is 10.5 Å². The molecule has 1 fully saturated rings. The molecule has 9 heteroatoms. The third kappa shape index (κ3) is 2.95.